The fourth-order valence-corrected chi connectivity index (χ4v) is 10.8. The van der Waals surface area contributed by atoms with Crippen LogP contribution >= 0.6 is 0 Å². The van der Waals surface area contributed by atoms with Gasteiger partial charge in [0.2, 0.25) is 0 Å². The van der Waals surface area contributed by atoms with E-state index in [-0.39, 0.29) is 0 Å². The minimum Gasteiger partial charge on any atom is -0.383 e. The average Bonchev–Trinajstić information content (AvgIpc) is 2.61. The summed E-state index contributed by atoms with van der Waals surface area (Å²) in [5.74, 6) is 0. The van der Waals surface area contributed by atoms with Gasteiger partial charge in [-0.1, -0.05) is 17.1 Å². The van der Waals surface area contributed by atoms with E-state index in [0.29, 0.717) is 33.0 Å². The average molecular weight is 423 g/mol. The maximum atomic E-state index is 6.30. The molecule has 0 aromatic carbocycles. The molecular weight excluding hydrogens is 388 g/mol. The van der Waals surface area contributed by atoms with Gasteiger partial charge in [0.25, 0.3) is 8.32 Å². The van der Waals surface area contributed by atoms with Crippen LogP contribution in [0.2, 0.25) is 0 Å². The second kappa shape index (κ2) is 12.9. The van der Waals surface area contributed by atoms with Gasteiger partial charge in [-0.2, -0.15) is 0 Å². The molecule has 0 rings (SSSR count). The fourth-order valence-electron chi connectivity index (χ4n) is 2.02. The smallest absolute Gasteiger partial charge is 0.383 e. The first kappa shape index (κ1) is 25.6. The highest BCUT2D eigenvalue weighted by Crippen LogP contribution is 2.26. The fraction of sp³-hybridized carbons (Fsp3) is 0.625. The van der Waals surface area contributed by atoms with Gasteiger partial charge in [0.15, 0.2) is 0 Å². The lowest BCUT2D eigenvalue weighted by Crippen LogP contribution is -2.65. The maximum absolute atomic E-state index is 6.30. The third-order valence-electron chi connectivity index (χ3n) is 3.11. The molecule has 0 aliphatic carbocycles. The van der Waals surface area contributed by atoms with E-state index in [9.17, 15) is 0 Å². The molecule has 10 heteroatoms. The summed E-state index contributed by atoms with van der Waals surface area (Å²) in [4.78, 5) is 0. The lowest BCUT2D eigenvalue weighted by Gasteiger charge is -2.38. The summed E-state index contributed by atoms with van der Waals surface area (Å²) in [6.07, 6.45) is 0. The Bertz CT molecular complexity index is 389. The lowest BCUT2D eigenvalue weighted by molar-refractivity contribution is -0.0449. The van der Waals surface area contributed by atoms with Crippen LogP contribution in [0.4, 0.5) is 0 Å². The zero-order valence-corrected chi connectivity index (χ0v) is 19.7. The molecule has 0 aliphatic heterocycles. The first-order valence-electron chi connectivity index (χ1n) is 8.91. The Balaban J connectivity index is 6.05. The molecule has 0 aromatic rings. The molecular formula is C16H34O7Si3. The van der Waals surface area contributed by atoms with Crippen molar-refractivity contribution in [3.8, 4) is 0 Å². The van der Waals surface area contributed by atoms with Crippen molar-refractivity contribution < 1.29 is 30.4 Å². The molecule has 0 saturated carbocycles. The first-order chi connectivity index (χ1) is 12.4. The standard InChI is InChI=1S/C16H34O7Si3/c1-9-17-25(18-10-2,19-11-3)23-26(20-12-4,21-13-5)22-24(14-6,15-7)16-8/h14-16H,6-13H2,1-5H3. The molecule has 0 spiro atoms. The van der Waals surface area contributed by atoms with Gasteiger partial charge < -0.3 is 30.4 Å². The van der Waals surface area contributed by atoms with Crippen molar-refractivity contribution >= 4 is 26.4 Å². The molecule has 0 N–H and O–H groups in total. The van der Waals surface area contributed by atoms with Crippen LogP contribution in [0.15, 0.2) is 36.8 Å². The summed E-state index contributed by atoms with van der Waals surface area (Å²) < 4.78 is 41.6. The van der Waals surface area contributed by atoms with Gasteiger partial charge in [-0.3, -0.25) is 0 Å². The molecule has 0 amide bonds. The Morgan fingerprint density at radius 3 is 1.12 bits per heavy atom. The van der Waals surface area contributed by atoms with E-state index in [4.69, 9.17) is 30.4 Å². The van der Waals surface area contributed by atoms with Crippen LogP contribution < -0.4 is 0 Å². The summed E-state index contributed by atoms with van der Waals surface area (Å²) in [7, 11) is -10.0. The van der Waals surface area contributed by atoms with Crippen LogP contribution in [-0.2, 0) is 30.4 Å². The summed E-state index contributed by atoms with van der Waals surface area (Å²) in [5.41, 5.74) is 5.05. The van der Waals surface area contributed by atoms with E-state index in [0.717, 1.165) is 0 Å². The van der Waals surface area contributed by atoms with Crippen molar-refractivity contribution in [1.82, 2.24) is 0 Å². The summed E-state index contributed by atoms with van der Waals surface area (Å²) in [6, 6.07) is 0. The van der Waals surface area contributed by atoms with Gasteiger partial charge in [0, 0.05) is 33.0 Å². The zero-order valence-electron chi connectivity index (χ0n) is 16.7. The molecule has 7 nitrogen and oxygen atoms in total. The molecule has 26 heavy (non-hydrogen) atoms. The zero-order chi connectivity index (χ0) is 20.1. The summed E-state index contributed by atoms with van der Waals surface area (Å²) >= 11 is 0. The van der Waals surface area contributed by atoms with E-state index >= 15 is 0 Å². The number of rotatable bonds is 17. The molecule has 0 heterocycles. The highest BCUT2D eigenvalue weighted by molar-refractivity contribution is 6.92. The van der Waals surface area contributed by atoms with E-state index in [1.165, 1.54) is 0 Å². The van der Waals surface area contributed by atoms with Crippen LogP contribution in [0.3, 0.4) is 0 Å². The molecule has 152 valence electrons. The van der Waals surface area contributed by atoms with Gasteiger partial charge in [-0.25, -0.2) is 0 Å². The van der Waals surface area contributed by atoms with Crippen LogP contribution in [0.1, 0.15) is 34.6 Å². The van der Waals surface area contributed by atoms with Crippen molar-refractivity contribution in [2.24, 2.45) is 0 Å². The Morgan fingerprint density at radius 1 is 0.538 bits per heavy atom. The van der Waals surface area contributed by atoms with Gasteiger partial charge in [0.1, 0.15) is 0 Å². The summed E-state index contributed by atoms with van der Waals surface area (Å²) in [5, 5.41) is 0. The largest absolute Gasteiger partial charge is 0.673 e. The quantitative estimate of drug-likeness (QED) is 0.334. The lowest BCUT2D eigenvalue weighted by atomic mass is 10.9. The molecule has 0 fully saturated rings. The van der Waals surface area contributed by atoms with Crippen LogP contribution in [0, 0.1) is 0 Å². The molecule has 0 atom stereocenters. The van der Waals surface area contributed by atoms with Crippen molar-refractivity contribution in [1.29, 1.82) is 0 Å². The third-order valence-corrected chi connectivity index (χ3v) is 12.7. The van der Waals surface area contributed by atoms with E-state index in [1.807, 2.05) is 34.6 Å². The molecule has 0 aliphatic rings. The monoisotopic (exact) mass is 422 g/mol. The minimum atomic E-state index is -3.71. The maximum Gasteiger partial charge on any atom is 0.673 e. The topological polar surface area (TPSA) is 64.6 Å². The Morgan fingerprint density at radius 2 is 0.846 bits per heavy atom. The number of hydrogen-bond acceptors (Lipinski definition) is 7. The Labute approximate surface area is 161 Å². The Hall–Kier alpha value is -0.409. The SMILES string of the molecule is C=C[Si](C=C)(C=C)O[Si](OCC)(OCC)O[Si](OCC)(OCC)OCC. The molecule has 0 bridgehead atoms. The second-order valence-corrected chi connectivity index (χ2v) is 12.8. The third kappa shape index (κ3) is 7.31. The highest BCUT2D eigenvalue weighted by atomic mass is 28.5. The predicted octanol–water partition coefficient (Wildman–Crippen LogP) is 3.19. The van der Waals surface area contributed by atoms with Crippen molar-refractivity contribution in [3.05, 3.63) is 36.8 Å². The predicted molar refractivity (Wildman–Crippen MR) is 108 cm³/mol. The van der Waals surface area contributed by atoms with E-state index < -0.39 is 26.4 Å². The van der Waals surface area contributed by atoms with Crippen molar-refractivity contribution in [3.63, 3.8) is 0 Å². The summed E-state index contributed by atoms with van der Waals surface area (Å²) in [6.45, 7) is 22.4. The van der Waals surface area contributed by atoms with Gasteiger partial charge in [-0.15, -0.1) is 19.7 Å². The van der Waals surface area contributed by atoms with E-state index in [2.05, 4.69) is 19.7 Å². The minimum absolute atomic E-state index is 0.316. The van der Waals surface area contributed by atoms with Crippen LogP contribution in [0.25, 0.3) is 0 Å². The molecule has 0 saturated heterocycles. The van der Waals surface area contributed by atoms with Crippen LogP contribution in [-0.4, -0.2) is 59.4 Å². The second-order valence-electron chi connectivity index (χ2n) is 4.84. The molecule has 0 radical (unpaired) electrons. The Kier molecular flexibility index (Phi) is 12.7. The molecule has 0 aromatic heterocycles. The number of hydrogen-bond donors (Lipinski definition) is 0. The van der Waals surface area contributed by atoms with E-state index in [1.54, 1.807) is 17.1 Å². The van der Waals surface area contributed by atoms with Crippen molar-refractivity contribution in [2.75, 3.05) is 33.0 Å². The first-order valence-corrected chi connectivity index (χ1v) is 14.3. The van der Waals surface area contributed by atoms with Crippen molar-refractivity contribution in [2.45, 2.75) is 34.6 Å². The van der Waals surface area contributed by atoms with Gasteiger partial charge >= 0.3 is 18.1 Å². The van der Waals surface area contributed by atoms with Crippen LogP contribution in [0.5, 0.6) is 0 Å². The van der Waals surface area contributed by atoms with Gasteiger partial charge in [-0.05, 0) is 34.6 Å². The molecule has 0 unspecified atom stereocenters. The highest BCUT2D eigenvalue weighted by Gasteiger charge is 2.61. The normalized spacial score (nSPS) is 12.8. The van der Waals surface area contributed by atoms with Gasteiger partial charge in [0.05, 0.1) is 0 Å².